The summed E-state index contributed by atoms with van der Waals surface area (Å²) >= 11 is 0. The molecule has 2 aliphatic heterocycles. The molecule has 0 bridgehead atoms. The van der Waals surface area contributed by atoms with Crippen LogP contribution in [0.5, 0.6) is 0 Å². The number of nitrogens with zero attached hydrogens (tertiary/aromatic N) is 5. The van der Waals surface area contributed by atoms with Gasteiger partial charge in [-0.2, -0.15) is 18.3 Å². The lowest BCUT2D eigenvalue weighted by Crippen LogP contribution is -2.39. The average Bonchev–Trinajstić information content (AvgIpc) is 3.27. The zero-order chi connectivity index (χ0) is 26.7. The van der Waals surface area contributed by atoms with Crippen LogP contribution < -0.4 is 5.32 Å². The molecule has 0 radical (unpaired) electrons. The van der Waals surface area contributed by atoms with Gasteiger partial charge < -0.3 is 10.2 Å². The monoisotopic (exact) mass is 528 g/mol. The summed E-state index contributed by atoms with van der Waals surface area (Å²) in [5.74, 6) is 0.132. The van der Waals surface area contributed by atoms with Crippen LogP contribution in [0.15, 0.2) is 36.7 Å². The maximum Gasteiger partial charge on any atom is 0.390 e. The Balaban J connectivity index is 1.25. The maximum absolute atomic E-state index is 12.9. The lowest BCUT2D eigenvalue weighted by Gasteiger charge is -2.31. The summed E-state index contributed by atoms with van der Waals surface area (Å²) in [4.78, 5) is 21.6. The Kier molecular flexibility index (Phi) is 7.99. The third-order valence-corrected chi connectivity index (χ3v) is 7.84. The van der Waals surface area contributed by atoms with Crippen molar-refractivity contribution in [3.63, 3.8) is 0 Å². The summed E-state index contributed by atoms with van der Waals surface area (Å²) in [5, 5.41) is 9.42. The minimum absolute atomic E-state index is 0.0108. The van der Waals surface area contributed by atoms with Gasteiger partial charge in [0.05, 0.1) is 18.3 Å². The number of alkyl halides is 3. The van der Waals surface area contributed by atoms with Gasteiger partial charge in [0, 0.05) is 43.2 Å². The molecule has 1 amide bonds. The molecule has 7 nitrogen and oxygen atoms in total. The number of halogens is 3. The Bertz CT molecular complexity index is 1260. The molecular weight excluding hydrogens is 493 g/mol. The van der Waals surface area contributed by atoms with Gasteiger partial charge in [0.15, 0.2) is 0 Å². The minimum Gasteiger partial charge on any atom is -0.310 e. The van der Waals surface area contributed by atoms with E-state index in [1.165, 1.54) is 25.0 Å². The normalized spacial score (nSPS) is 18.2. The van der Waals surface area contributed by atoms with E-state index in [-0.39, 0.29) is 18.4 Å². The molecule has 2 aromatic heterocycles. The highest BCUT2D eigenvalue weighted by Gasteiger charge is 2.30. The molecule has 5 rings (SSSR count). The number of aryl methyl sites for hydroxylation is 1. The highest BCUT2D eigenvalue weighted by Crippen LogP contribution is 2.30. The summed E-state index contributed by atoms with van der Waals surface area (Å²) in [6.07, 6.45) is 3.58. The molecule has 10 heteroatoms. The van der Waals surface area contributed by atoms with Crippen molar-refractivity contribution < 1.29 is 18.0 Å². The summed E-state index contributed by atoms with van der Waals surface area (Å²) in [6.45, 7) is 4.08. The predicted octanol–water partition coefficient (Wildman–Crippen LogP) is 5.22. The molecule has 38 heavy (non-hydrogen) atoms. The molecule has 4 heterocycles. The van der Waals surface area contributed by atoms with Crippen LogP contribution in [0.4, 0.5) is 19.0 Å². The number of aromatic nitrogens is 3. The standard InChI is InChI=1S/C28H35F3N6O/c1-35-25(19-37-10-3-2-4-11-37)24(18-33-35)21-5-6-22-17-32-26(16-23(22)15-21)34-27(38)20-7-12-36(13-8-20)14-9-28(29,30)31/h5-6,15-18,20H,2-4,7-14,19H2,1H3,(H,32,34,38). The second kappa shape index (κ2) is 11.4. The first kappa shape index (κ1) is 26.6. The first-order chi connectivity index (χ1) is 18.2. The van der Waals surface area contributed by atoms with Crippen molar-refractivity contribution in [3.8, 4) is 11.1 Å². The predicted molar refractivity (Wildman–Crippen MR) is 142 cm³/mol. The van der Waals surface area contributed by atoms with Crippen LogP contribution in [0.1, 0.15) is 44.2 Å². The van der Waals surface area contributed by atoms with Gasteiger partial charge in [-0.25, -0.2) is 4.98 Å². The Labute approximate surface area is 221 Å². The average molecular weight is 529 g/mol. The van der Waals surface area contributed by atoms with Crippen molar-refractivity contribution in [2.75, 3.05) is 38.0 Å². The Morgan fingerprint density at radius 3 is 2.50 bits per heavy atom. The van der Waals surface area contributed by atoms with E-state index < -0.39 is 12.6 Å². The third-order valence-electron chi connectivity index (χ3n) is 7.84. The molecule has 2 saturated heterocycles. The number of carbonyl (C=O) groups is 1. The first-order valence-corrected chi connectivity index (χ1v) is 13.5. The number of anilines is 1. The Hall–Kier alpha value is -2.98. The summed E-state index contributed by atoms with van der Waals surface area (Å²) in [6, 6.07) is 8.13. The molecule has 0 aliphatic carbocycles. The van der Waals surface area contributed by atoms with E-state index in [2.05, 4.69) is 32.4 Å². The third kappa shape index (κ3) is 6.53. The SMILES string of the molecule is Cn1ncc(-c2ccc3cnc(NC(=O)C4CCN(CCC(F)(F)F)CC4)cc3c2)c1CN1CCCCC1. The Morgan fingerprint density at radius 2 is 1.76 bits per heavy atom. The zero-order valence-electron chi connectivity index (χ0n) is 21.8. The molecule has 2 fully saturated rings. The van der Waals surface area contributed by atoms with E-state index in [1.807, 2.05) is 30.1 Å². The fourth-order valence-electron chi connectivity index (χ4n) is 5.53. The number of hydrogen-bond acceptors (Lipinski definition) is 5. The van der Waals surface area contributed by atoms with Gasteiger partial charge in [0.25, 0.3) is 0 Å². The zero-order valence-corrected chi connectivity index (χ0v) is 21.8. The Morgan fingerprint density at radius 1 is 1.00 bits per heavy atom. The van der Waals surface area contributed by atoms with Crippen LogP contribution >= 0.6 is 0 Å². The van der Waals surface area contributed by atoms with Crippen molar-refractivity contribution in [3.05, 3.63) is 42.4 Å². The number of rotatable bonds is 7. The fraction of sp³-hybridized carbons (Fsp3) is 0.536. The fourth-order valence-corrected chi connectivity index (χ4v) is 5.53. The number of fused-ring (bicyclic) bond motifs is 1. The van der Waals surface area contributed by atoms with Crippen molar-refractivity contribution in [2.45, 2.75) is 51.2 Å². The van der Waals surface area contributed by atoms with E-state index in [9.17, 15) is 18.0 Å². The molecule has 1 N–H and O–H groups in total. The largest absolute Gasteiger partial charge is 0.390 e. The van der Waals surface area contributed by atoms with Crippen LogP contribution in [0.2, 0.25) is 0 Å². The van der Waals surface area contributed by atoms with Crippen molar-refractivity contribution in [1.29, 1.82) is 0 Å². The van der Waals surface area contributed by atoms with Crippen LogP contribution in [-0.4, -0.2) is 69.4 Å². The van der Waals surface area contributed by atoms with Crippen molar-refractivity contribution in [1.82, 2.24) is 24.6 Å². The summed E-state index contributed by atoms with van der Waals surface area (Å²) in [7, 11) is 1.99. The highest BCUT2D eigenvalue weighted by atomic mass is 19.4. The minimum atomic E-state index is -4.15. The van der Waals surface area contributed by atoms with E-state index in [0.717, 1.165) is 41.5 Å². The first-order valence-electron chi connectivity index (χ1n) is 13.5. The van der Waals surface area contributed by atoms with Crippen molar-refractivity contribution >= 4 is 22.5 Å². The van der Waals surface area contributed by atoms with E-state index >= 15 is 0 Å². The van der Waals surface area contributed by atoms with E-state index in [1.54, 1.807) is 11.1 Å². The number of carbonyl (C=O) groups excluding carboxylic acids is 1. The van der Waals surface area contributed by atoms with E-state index in [4.69, 9.17) is 0 Å². The van der Waals surface area contributed by atoms with Gasteiger partial charge in [-0.1, -0.05) is 18.6 Å². The molecule has 204 valence electrons. The number of benzene rings is 1. The number of likely N-dealkylation sites (tertiary alicyclic amines) is 2. The quantitative estimate of drug-likeness (QED) is 0.455. The second-order valence-electron chi connectivity index (χ2n) is 10.6. The lowest BCUT2D eigenvalue weighted by molar-refractivity contribution is -0.139. The number of nitrogens with one attached hydrogen (secondary N) is 1. The van der Waals surface area contributed by atoms with Gasteiger partial charge in [-0.05, 0) is 74.9 Å². The van der Waals surface area contributed by atoms with E-state index in [0.29, 0.717) is 31.7 Å². The molecule has 0 spiro atoms. The van der Waals surface area contributed by atoms with Crippen LogP contribution in [-0.2, 0) is 18.4 Å². The molecule has 1 aromatic carbocycles. The van der Waals surface area contributed by atoms with Gasteiger partial charge in [-0.3, -0.25) is 14.4 Å². The molecule has 0 saturated carbocycles. The topological polar surface area (TPSA) is 66.3 Å². The number of hydrogen-bond donors (Lipinski definition) is 1. The molecule has 2 aliphatic rings. The van der Waals surface area contributed by atoms with Crippen molar-refractivity contribution in [2.24, 2.45) is 13.0 Å². The molecular formula is C28H35F3N6O. The highest BCUT2D eigenvalue weighted by molar-refractivity contribution is 5.95. The van der Waals surface area contributed by atoms with Crippen LogP contribution in [0.3, 0.4) is 0 Å². The molecule has 0 unspecified atom stereocenters. The maximum atomic E-state index is 12.9. The smallest absolute Gasteiger partial charge is 0.310 e. The number of pyridine rings is 1. The van der Waals surface area contributed by atoms with Gasteiger partial charge in [-0.15, -0.1) is 0 Å². The molecule has 0 atom stereocenters. The molecule has 3 aromatic rings. The summed E-state index contributed by atoms with van der Waals surface area (Å²) in [5.41, 5.74) is 3.38. The van der Waals surface area contributed by atoms with Crippen LogP contribution in [0, 0.1) is 5.92 Å². The van der Waals surface area contributed by atoms with Gasteiger partial charge >= 0.3 is 6.18 Å². The van der Waals surface area contributed by atoms with Gasteiger partial charge in [0.2, 0.25) is 5.91 Å². The lowest BCUT2D eigenvalue weighted by atomic mass is 9.95. The summed E-state index contributed by atoms with van der Waals surface area (Å²) < 4.78 is 39.5. The van der Waals surface area contributed by atoms with Crippen LogP contribution in [0.25, 0.3) is 21.9 Å². The number of piperidine rings is 2. The number of amides is 1. The second-order valence-corrected chi connectivity index (χ2v) is 10.6. The van der Waals surface area contributed by atoms with Gasteiger partial charge in [0.1, 0.15) is 5.82 Å².